The molecule has 1 aromatic heterocycles. The molecule has 0 radical (unpaired) electrons. The molecule has 0 spiro atoms. The highest BCUT2D eigenvalue weighted by Crippen LogP contribution is 2.24. The third-order valence-electron chi connectivity index (χ3n) is 3.79. The minimum absolute atomic E-state index is 0.0283. The van der Waals surface area contributed by atoms with Crippen LogP contribution in [0.5, 0.6) is 5.75 Å². The van der Waals surface area contributed by atoms with Crippen LogP contribution in [0.15, 0.2) is 24.3 Å². The van der Waals surface area contributed by atoms with Gasteiger partial charge in [-0.15, -0.1) is 0 Å². The maximum Gasteiger partial charge on any atom is 0.200 e. The smallest absolute Gasteiger partial charge is 0.200 e. The molecule has 24 heavy (non-hydrogen) atoms. The Morgan fingerprint density at radius 3 is 2.62 bits per heavy atom. The summed E-state index contributed by atoms with van der Waals surface area (Å²) in [5.41, 5.74) is 7.88. The van der Waals surface area contributed by atoms with Gasteiger partial charge in [0.2, 0.25) is 5.82 Å². The Labute approximate surface area is 141 Å². The van der Waals surface area contributed by atoms with Gasteiger partial charge < -0.3 is 15.4 Å². The second-order valence-electron chi connectivity index (χ2n) is 5.89. The number of pyridine rings is 1. The second kappa shape index (κ2) is 8.06. The molecule has 0 aliphatic rings. The number of ether oxygens (including phenoxy) is 1. The molecule has 0 aliphatic heterocycles. The Morgan fingerprint density at radius 1 is 1.21 bits per heavy atom. The molecule has 0 saturated heterocycles. The maximum absolute atomic E-state index is 14.0. The Kier molecular flexibility index (Phi) is 6.09. The first-order chi connectivity index (χ1) is 11.4. The minimum Gasteiger partial charge on any atom is -0.484 e. The first kappa shape index (κ1) is 18.1. The summed E-state index contributed by atoms with van der Waals surface area (Å²) in [6.07, 6.45) is 0.619. The minimum atomic E-state index is -0.983. The predicted octanol–water partition coefficient (Wildman–Crippen LogP) is 3.32. The lowest BCUT2D eigenvalue weighted by Crippen LogP contribution is -2.20. The quantitative estimate of drug-likeness (QED) is 0.843. The number of nitrogens with two attached hydrogens (primary N) is 1. The Morgan fingerprint density at radius 2 is 1.96 bits per heavy atom. The molecule has 4 nitrogen and oxygen atoms in total. The van der Waals surface area contributed by atoms with Crippen LogP contribution >= 0.6 is 0 Å². The molecular formula is C18H23F2N3O. The molecule has 0 bridgehead atoms. The zero-order valence-corrected chi connectivity index (χ0v) is 14.3. The Bertz CT molecular complexity index is 687. The summed E-state index contributed by atoms with van der Waals surface area (Å²) in [6, 6.07) is 6.29. The molecule has 130 valence electrons. The van der Waals surface area contributed by atoms with Crippen molar-refractivity contribution in [3.8, 4) is 5.75 Å². The van der Waals surface area contributed by atoms with E-state index in [9.17, 15) is 8.78 Å². The van der Waals surface area contributed by atoms with E-state index in [1.165, 1.54) is 6.07 Å². The van der Waals surface area contributed by atoms with Crippen molar-refractivity contribution in [1.82, 2.24) is 9.88 Å². The molecule has 0 unspecified atom stereocenters. The van der Waals surface area contributed by atoms with Crippen LogP contribution in [-0.4, -0.2) is 30.0 Å². The van der Waals surface area contributed by atoms with Crippen LogP contribution in [0.2, 0.25) is 0 Å². The van der Waals surface area contributed by atoms with E-state index in [0.29, 0.717) is 23.5 Å². The third-order valence-corrected chi connectivity index (χ3v) is 3.79. The molecule has 2 aromatic rings. The average Bonchev–Trinajstić information content (AvgIpc) is 2.53. The van der Waals surface area contributed by atoms with Gasteiger partial charge in [0.1, 0.15) is 12.4 Å². The van der Waals surface area contributed by atoms with Gasteiger partial charge in [-0.3, -0.25) is 0 Å². The Hall–Kier alpha value is -2.21. The fraction of sp³-hybridized carbons (Fsp3) is 0.389. The monoisotopic (exact) mass is 335 g/mol. The maximum atomic E-state index is 14.0. The normalized spacial score (nSPS) is 11.1. The molecular weight excluding hydrogens is 312 g/mol. The van der Waals surface area contributed by atoms with E-state index in [1.807, 2.05) is 20.9 Å². The molecule has 2 rings (SSSR count). The van der Waals surface area contributed by atoms with Gasteiger partial charge in [0.05, 0.1) is 5.69 Å². The fourth-order valence-electron chi connectivity index (χ4n) is 2.34. The summed E-state index contributed by atoms with van der Waals surface area (Å²) in [7, 11) is 1.98. The zero-order chi connectivity index (χ0) is 17.7. The van der Waals surface area contributed by atoms with Gasteiger partial charge in [0.25, 0.3) is 0 Å². The van der Waals surface area contributed by atoms with Crippen LogP contribution in [0, 0.1) is 18.6 Å². The van der Waals surface area contributed by atoms with Crippen LogP contribution in [0.1, 0.15) is 23.7 Å². The van der Waals surface area contributed by atoms with E-state index in [4.69, 9.17) is 10.5 Å². The van der Waals surface area contributed by atoms with Crippen LogP contribution in [0.3, 0.4) is 0 Å². The predicted molar refractivity (Wildman–Crippen MR) is 91.0 cm³/mol. The van der Waals surface area contributed by atoms with E-state index in [1.54, 1.807) is 18.2 Å². The first-order valence-corrected chi connectivity index (χ1v) is 7.91. The molecule has 1 heterocycles. The van der Waals surface area contributed by atoms with Gasteiger partial charge in [-0.25, -0.2) is 9.37 Å². The number of anilines is 1. The van der Waals surface area contributed by atoms with Crippen molar-refractivity contribution >= 4 is 5.82 Å². The number of nitrogens with zero attached hydrogens (tertiary/aromatic N) is 2. The van der Waals surface area contributed by atoms with Crippen molar-refractivity contribution in [2.45, 2.75) is 26.9 Å². The largest absolute Gasteiger partial charge is 0.484 e. The molecule has 0 aliphatic carbocycles. The van der Waals surface area contributed by atoms with Gasteiger partial charge in [-0.1, -0.05) is 6.92 Å². The van der Waals surface area contributed by atoms with Crippen molar-refractivity contribution in [3.05, 3.63) is 52.7 Å². The fourth-order valence-corrected chi connectivity index (χ4v) is 2.34. The van der Waals surface area contributed by atoms with E-state index in [0.717, 1.165) is 18.7 Å². The number of nitrogen functional groups attached to an aromatic ring is 1. The number of aromatic nitrogens is 1. The van der Waals surface area contributed by atoms with Crippen LogP contribution < -0.4 is 10.5 Å². The van der Waals surface area contributed by atoms with Crippen molar-refractivity contribution in [2.75, 3.05) is 25.9 Å². The van der Waals surface area contributed by atoms with E-state index >= 15 is 0 Å². The number of halogens is 2. The van der Waals surface area contributed by atoms with Gasteiger partial charge in [0, 0.05) is 6.54 Å². The molecule has 0 amide bonds. The lowest BCUT2D eigenvalue weighted by Gasteiger charge is -2.15. The number of aryl methyl sites for hydroxylation is 1. The highest BCUT2D eigenvalue weighted by Gasteiger charge is 2.13. The number of rotatable bonds is 7. The SMILES string of the molecule is CCN(C)CCc1cc(F)c(F)c(OCc2cc(C)cc(N)n2)c1. The second-order valence-corrected chi connectivity index (χ2v) is 5.89. The van der Waals surface area contributed by atoms with Crippen molar-refractivity contribution in [2.24, 2.45) is 0 Å². The van der Waals surface area contributed by atoms with E-state index < -0.39 is 11.6 Å². The average molecular weight is 335 g/mol. The zero-order valence-electron chi connectivity index (χ0n) is 14.3. The summed E-state index contributed by atoms with van der Waals surface area (Å²) >= 11 is 0. The van der Waals surface area contributed by atoms with Gasteiger partial charge in [-0.2, -0.15) is 4.39 Å². The van der Waals surface area contributed by atoms with Crippen molar-refractivity contribution < 1.29 is 13.5 Å². The number of hydrogen-bond acceptors (Lipinski definition) is 4. The Balaban J connectivity index is 2.12. The summed E-state index contributed by atoms with van der Waals surface area (Å²) in [6.45, 7) is 5.61. The van der Waals surface area contributed by atoms with E-state index in [-0.39, 0.29) is 12.4 Å². The molecule has 6 heteroatoms. The van der Waals surface area contributed by atoms with Gasteiger partial charge in [-0.05, 0) is 62.3 Å². The molecule has 2 N–H and O–H groups in total. The van der Waals surface area contributed by atoms with E-state index in [2.05, 4.69) is 9.88 Å². The van der Waals surface area contributed by atoms with Crippen LogP contribution in [0.25, 0.3) is 0 Å². The summed E-state index contributed by atoms with van der Waals surface area (Å²) in [4.78, 5) is 6.22. The molecule has 0 fully saturated rings. The summed E-state index contributed by atoms with van der Waals surface area (Å²) in [5, 5.41) is 0. The van der Waals surface area contributed by atoms with Crippen molar-refractivity contribution in [1.29, 1.82) is 0 Å². The van der Waals surface area contributed by atoms with Crippen molar-refractivity contribution in [3.63, 3.8) is 0 Å². The van der Waals surface area contributed by atoms with Gasteiger partial charge >= 0.3 is 0 Å². The first-order valence-electron chi connectivity index (χ1n) is 7.91. The van der Waals surface area contributed by atoms with Gasteiger partial charge in [0.15, 0.2) is 11.6 Å². The summed E-state index contributed by atoms with van der Waals surface area (Å²) < 4.78 is 33.2. The highest BCUT2D eigenvalue weighted by atomic mass is 19.2. The summed E-state index contributed by atoms with van der Waals surface area (Å²) in [5.74, 6) is -1.62. The number of likely N-dealkylation sites (N-methyl/N-ethyl adjacent to an activating group) is 1. The van der Waals surface area contributed by atoms with Crippen LogP contribution in [-0.2, 0) is 13.0 Å². The third kappa shape index (κ3) is 4.89. The number of benzene rings is 1. The lowest BCUT2D eigenvalue weighted by molar-refractivity contribution is 0.280. The molecule has 0 saturated carbocycles. The number of hydrogen-bond donors (Lipinski definition) is 1. The highest BCUT2D eigenvalue weighted by molar-refractivity contribution is 5.35. The van der Waals surface area contributed by atoms with Crippen LogP contribution in [0.4, 0.5) is 14.6 Å². The standard InChI is InChI=1S/C18H23F2N3O/c1-4-23(3)6-5-13-9-15(19)18(20)16(10-13)24-11-14-7-12(2)8-17(21)22-14/h7-10H,4-6,11H2,1-3H3,(H2,21,22). The molecule has 1 aromatic carbocycles. The molecule has 0 atom stereocenters. The topological polar surface area (TPSA) is 51.4 Å². The lowest BCUT2D eigenvalue weighted by atomic mass is 10.1.